The van der Waals surface area contributed by atoms with E-state index in [2.05, 4.69) is 21.3 Å². The van der Waals surface area contributed by atoms with Crippen molar-refractivity contribution in [2.45, 2.75) is 31.2 Å². The lowest BCUT2D eigenvalue weighted by Crippen LogP contribution is -2.58. The van der Waals surface area contributed by atoms with Crippen molar-refractivity contribution in [1.82, 2.24) is 10.2 Å². The van der Waals surface area contributed by atoms with Crippen molar-refractivity contribution in [2.75, 3.05) is 13.2 Å². The predicted octanol–water partition coefficient (Wildman–Crippen LogP) is 0.461. The number of nitrogens with one attached hydrogen (secondary N) is 1. The Balaban J connectivity index is 1.80. The van der Waals surface area contributed by atoms with Gasteiger partial charge in [0.2, 0.25) is 0 Å². The van der Waals surface area contributed by atoms with Crippen molar-refractivity contribution in [1.29, 1.82) is 5.26 Å². The number of ether oxygens (including phenoxy) is 1. The van der Waals surface area contributed by atoms with Gasteiger partial charge in [-0.3, -0.25) is 10.3 Å². The van der Waals surface area contributed by atoms with E-state index in [4.69, 9.17) is 10.00 Å². The van der Waals surface area contributed by atoms with Crippen LogP contribution in [0.5, 0.6) is 0 Å². The Morgan fingerprint density at radius 3 is 3.35 bits per heavy atom. The van der Waals surface area contributed by atoms with Gasteiger partial charge < -0.3 is 9.64 Å². The molecule has 3 aliphatic rings. The summed E-state index contributed by atoms with van der Waals surface area (Å²) >= 11 is 0. The van der Waals surface area contributed by atoms with Crippen molar-refractivity contribution in [2.24, 2.45) is 10.9 Å². The van der Waals surface area contributed by atoms with Gasteiger partial charge in [0.15, 0.2) is 0 Å². The lowest BCUT2D eigenvalue weighted by molar-refractivity contribution is -0.0162. The second-order valence-electron chi connectivity index (χ2n) is 4.72. The molecule has 2 saturated heterocycles. The fourth-order valence-electron chi connectivity index (χ4n) is 2.76. The molecule has 0 aromatic carbocycles. The van der Waals surface area contributed by atoms with Gasteiger partial charge in [0.05, 0.1) is 24.1 Å². The molecule has 3 rings (SSSR count). The fourth-order valence-corrected chi connectivity index (χ4v) is 2.76. The van der Waals surface area contributed by atoms with Crippen LogP contribution in [0.25, 0.3) is 0 Å². The number of hydrogen-bond acceptors (Lipinski definition) is 5. The SMILES string of the molecule is N#CC1CNC2C(C1)OCCC1C=NC=CN12. The van der Waals surface area contributed by atoms with Crippen molar-refractivity contribution in [3.8, 4) is 6.07 Å². The minimum absolute atomic E-state index is 0.0650. The van der Waals surface area contributed by atoms with Crippen molar-refractivity contribution >= 4 is 6.21 Å². The van der Waals surface area contributed by atoms with Gasteiger partial charge in [-0.1, -0.05) is 0 Å². The first-order valence-electron chi connectivity index (χ1n) is 6.10. The van der Waals surface area contributed by atoms with E-state index in [1.54, 1.807) is 0 Å². The number of piperidine rings is 1. The maximum Gasteiger partial charge on any atom is 0.107 e. The maximum absolute atomic E-state index is 8.99. The minimum Gasteiger partial charge on any atom is -0.375 e. The standard InChI is InChI=1S/C12H16N4O/c13-6-9-5-11-12(15-7-9)16-3-2-14-8-10(16)1-4-17-11/h2-3,8-12,15H,1,4-5,7H2. The third-order valence-electron chi connectivity index (χ3n) is 3.66. The Bertz CT molecular complexity index is 386. The Labute approximate surface area is 101 Å². The van der Waals surface area contributed by atoms with Gasteiger partial charge in [0.25, 0.3) is 0 Å². The molecule has 0 radical (unpaired) electrons. The highest BCUT2D eigenvalue weighted by atomic mass is 16.5. The molecule has 1 N–H and O–H groups in total. The maximum atomic E-state index is 8.99. The average Bonchev–Trinajstić information content (AvgIpc) is 2.57. The fraction of sp³-hybridized carbons (Fsp3) is 0.667. The summed E-state index contributed by atoms with van der Waals surface area (Å²) < 4.78 is 5.88. The molecule has 5 nitrogen and oxygen atoms in total. The monoisotopic (exact) mass is 232 g/mol. The summed E-state index contributed by atoms with van der Waals surface area (Å²) in [6.07, 6.45) is 7.88. The third-order valence-corrected chi connectivity index (χ3v) is 3.66. The minimum atomic E-state index is 0.0650. The summed E-state index contributed by atoms with van der Waals surface area (Å²) in [6, 6.07) is 2.64. The molecule has 0 aliphatic carbocycles. The molecular formula is C12H16N4O. The normalized spacial score (nSPS) is 40.1. The van der Waals surface area contributed by atoms with Crippen LogP contribution in [0.1, 0.15) is 12.8 Å². The first-order chi connectivity index (χ1) is 8.38. The number of fused-ring (bicyclic) bond motifs is 3. The number of aliphatic imine (C=N–C) groups is 1. The zero-order valence-corrected chi connectivity index (χ0v) is 9.62. The van der Waals surface area contributed by atoms with Crippen LogP contribution in [0.2, 0.25) is 0 Å². The summed E-state index contributed by atoms with van der Waals surface area (Å²) in [6.45, 7) is 1.48. The van der Waals surface area contributed by atoms with Gasteiger partial charge in [-0.2, -0.15) is 5.26 Å². The Kier molecular flexibility index (Phi) is 2.83. The van der Waals surface area contributed by atoms with Crippen LogP contribution in [-0.4, -0.2) is 42.6 Å². The Hall–Kier alpha value is -1.38. The molecule has 0 aromatic rings. The van der Waals surface area contributed by atoms with Gasteiger partial charge in [0, 0.05) is 31.8 Å². The lowest BCUT2D eigenvalue weighted by atomic mass is 9.95. The van der Waals surface area contributed by atoms with E-state index >= 15 is 0 Å². The molecule has 90 valence electrons. The largest absolute Gasteiger partial charge is 0.375 e. The molecule has 2 fully saturated rings. The average molecular weight is 232 g/mol. The smallest absolute Gasteiger partial charge is 0.107 e. The van der Waals surface area contributed by atoms with Gasteiger partial charge in [-0.15, -0.1) is 0 Å². The van der Waals surface area contributed by atoms with Crippen LogP contribution >= 0.6 is 0 Å². The summed E-state index contributed by atoms with van der Waals surface area (Å²) in [5, 5.41) is 12.4. The summed E-state index contributed by atoms with van der Waals surface area (Å²) in [5.74, 6) is 0.0650. The van der Waals surface area contributed by atoms with Crippen LogP contribution in [0, 0.1) is 17.2 Å². The molecule has 17 heavy (non-hydrogen) atoms. The molecule has 0 spiro atoms. The molecular weight excluding hydrogens is 216 g/mol. The van der Waals surface area contributed by atoms with Crippen molar-refractivity contribution in [3.05, 3.63) is 12.4 Å². The number of hydrogen-bond donors (Lipinski definition) is 1. The topological polar surface area (TPSA) is 60.6 Å². The first kappa shape index (κ1) is 10.8. The van der Waals surface area contributed by atoms with Gasteiger partial charge in [0.1, 0.15) is 6.17 Å². The number of nitriles is 1. The highest BCUT2D eigenvalue weighted by Gasteiger charge is 2.38. The van der Waals surface area contributed by atoms with E-state index in [9.17, 15) is 0 Å². The molecule has 5 heteroatoms. The van der Waals surface area contributed by atoms with E-state index in [-0.39, 0.29) is 18.2 Å². The van der Waals surface area contributed by atoms with E-state index in [0.717, 1.165) is 26.0 Å². The van der Waals surface area contributed by atoms with E-state index in [1.165, 1.54) is 0 Å². The Morgan fingerprint density at radius 1 is 1.53 bits per heavy atom. The van der Waals surface area contributed by atoms with Gasteiger partial charge >= 0.3 is 0 Å². The third kappa shape index (κ3) is 1.94. The molecule has 0 aromatic heterocycles. The number of nitrogens with zero attached hydrogens (tertiary/aromatic N) is 3. The molecule has 0 saturated carbocycles. The summed E-state index contributed by atoms with van der Waals surface area (Å²) in [5.41, 5.74) is 0. The summed E-state index contributed by atoms with van der Waals surface area (Å²) in [4.78, 5) is 6.47. The highest BCUT2D eigenvalue weighted by Crippen LogP contribution is 2.26. The van der Waals surface area contributed by atoms with E-state index < -0.39 is 0 Å². The molecule has 3 aliphatic heterocycles. The highest BCUT2D eigenvalue weighted by molar-refractivity contribution is 5.66. The molecule has 4 unspecified atom stereocenters. The Morgan fingerprint density at radius 2 is 2.47 bits per heavy atom. The van der Waals surface area contributed by atoms with Gasteiger partial charge in [-0.25, -0.2) is 0 Å². The van der Waals surface area contributed by atoms with Crippen LogP contribution in [-0.2, 0) is 4.74 Å². The van der Waals surface area contributed by atoms with E-state index in [0.29, 0.717) is 6.04 Å². The lowest BCUT2D eigenvalue weighted by Gasteiger charge is -2.41. The predicted molar refractivity (Wildman–Crippen MR) is 63.1 cm³/mol. The van der Waals surface area contributed by atoms with Gasteiger partial charge in [-0.05, 0) is 12.8 Å². The van der Waals surface area contributed by atoms with Crippen LogP contribution in [0.15, 0.2) is 17.4 Å². The second-order valence-corrected chi connectivity index (χ2v) is 4.72. The zero-order valence-electron chi connectivity index (χ0n) is 9.62. The van der Waals surface area contributed by atoms with Crippen LogP contribution < -0.4 is 5.32 Å². The zero-order chi connectivity index (χ0) is 11.7. The second kappa shape index (κ2) is 4.47. The quantitative estimate of drug-likeness (QED) is 0.659. The summed E-state index contributed by atoms with van der Waals surface area (Å²) in [7, 11) is 0. The molecule has 3 heterocycles. The van der Waals surface area contributed by atoms with E-state index in [1.807, 2.05) is 18.6 Å². The van der Waals surface area contributed by atoms with Crippen LogP contribution in [0.3, 0.4) is 0 Å². The van der Waals surface area contributed by atoms with Crippen molar-refractivity contribution in [3.63, 3.8) is 0 Å². The van der Waals surface area contributed by atoms with Crippen molar-refractivity contribution < 1.29 is 4.74 Å². The molecule has 4 atom stereocenters. The number of rotatable bonds is 0. The first-order valence-corrected chi connectivity index (χ1v) is 6.10. The molecule has 0 bridgehead atoms. The van der Waals surface area contributed by atoms with Crippen LogP contribution in [0.4, 0.5) is 0 Å². The molecule has 0 amide bonds.